The molecular weight excluding hydrogens is 444 g/mol. The second-order valence-corrected chi connectivity index (χ2v) is 8.23. The van der Waals surface area contributed by atoms with E-state index in [9.17, 15) is 9.59 Å². The lowest BCUT2D eigenvalue weighted by Crippen LogP contribution is -2.45. The van der Waals surface area contributed by atoms with E-state index in [4.69, 9.17) is 14.2 Å². The number of benzene rings is 3. The number of amides is 2. The van der Waals surface area contributed by atoms with Crippen molar-refractivity contribution in [3.63, 3.8) is 0 Å². The second kappa shape index (κ2) is 11.3. The molecule has 0 saturated carbocycles. The summed E-state index contributed by atoms with van der Waals surface area (Å²) in [6, 6.07) is 23.4. The highest BCUT2D eigenvalue weighted by Gasteiger charge is 2.39. The van der Waals surface area contributed by atoms with Crippen molar-refractivity contribution >= 4 is 17.7 Å². The highest BCUT2D eigenvalue weighted by molar-refractivity contribution is 6.09. The first-order valence-corrected chi connectivity index (χ1v) is 11.4. The maximum Gasteiger partial charge on any atom is 0.341 e. The van der Waals surface area contributed by atoms with E-state index in [0.717, 1.165) is 22.4 Å². The first-order chi connectivity index (χ1) is 17.1. The van der Waals surface area contributed by atoms with E-state index in [0.29, 0.717) is 24.3 Å². The van der Waals surface area contributed by atoms with E-state index < -0.39 is 24.0 Å². The molecule has 1 heterocycles. The van der Waals surface area contributed by atoms with Gasteiger partial charge in [-0.2, -0.15) is 0 Å². The molecule has 0 fully saturated rings. The van der Waals surface area contributed by atoms with Crippen LogP contribution in [0.2, 0.25) is 0 Å². The van der Waals surface area contributed by atoms with E-state index >= 15 is 0 Å². The van der Waals surface area contributed by atoms with Crippen LogP contribution in [0.4, 0.5) is 4.79 Å². The Labute approximate surface area is 204 Å². The summed E-state index contributed by atoms with van der Waals surface area (Å²) in [5.74, 6) is 0.174. The average molecular weight is 473 g/mol. The SMILES string of the molecule is COc1cccc(CCC2=NC(=O)NC(c3cccc(OC)c3)C2C(=O)OCc2ccccc2)c1. The molecule has 2 atom stereocenters. The Morgan fingerprint density at radius 1 is 0.857 bits per heavy atom. The summed E-state index contributed by atoms with van der Waals surface area (Å²) in [5.41, 5.74) is 3.14. The fraction of sp³-hybridized carbons (Fsp3) is 0.250. The van der Waals surface area contributed by atoms with Crippen molar-refractivity contribution < 1.29 is 23.8 Å². The van der Waals surface area contributed by atoms with Gasteiger partial charge in [0.15, 0.2) is 0 Å². The number of nitrogens with zero attached hydrogens (tertiary/aromatic N) is 1. The fourth-order valence-corrected chi connectivity index (χ4v) is 4.15. The van der Waals surface area contributed by atoms with Gasteiger partial charge in [0, 0.05) is 5.71 Å². The molecule has 1 N–H and O–H groups in total. The van der Waals surface area contributed by atoms with Gasteiger partial charge in [0.2, 0.25) is 0 Å². The van der Waals surface area contributed by atoms with Gasteiger partial charge in [-0.05, 0) is 53.8 Å². The molecule has 0 spiro atoms. The summed E-state index contributed by atoms with van der Waals surface area (Å²) in [5, 5.41) is 2.86. The molecule has 3 aromatic rings. The lowest BCUT2D eigenvalue weighted by Gasteiger charge is -2.31. The molecule has 0 saturated heterocycles. The van der Waals surface area contributed by atoms with E-state index in [1.165, 1.54) is 0 Å². The van der Waals surface area contributed by atoms with Crippen LogP contribution in [0.5, 0.6) is 11.5 Å². The lowest BCUT2D eigenvalue weighted by atomic mass is 9.85. The van der Waals surface area contributed by atoms with Gasteiger partial charge in [-0.15, -0.1) is 0 Å². The number of esters is 1. The minimum Gasteiger partial charge on any atom is -0.497 e. The molecule has 2 amide bonds. The molecule has 7 heteroatoms. The van der Waals surface area contributed by atoms with Crippen molar-refractivity contribution in [1.29, 1.82) is 0 Å². The van der Waals surface area contributed by atoms with Crippen LogP contribution in [0.1, 0.15) is 29.2 Å². The topological polar surface area (TPSA) is 86.2 Å². The standard InChI is InChI=1S/C28H28N2O5/c1-33-22-12-6-10-19(16-22)14-15-24-25(27(31)35-18-20-8-4-3-5-9-20)26(30-28(32)29-24)21-11-7-13-23(17-21)34-2/h3-13,16-17,25-26H,14-15,18H2,1-2H3,(H,30,32). The number of methoxy groups -OCH3 is 2. The first kappa shape index (κ1) is 24.0. The molecule has 7 nitrogen and oxygen atoms in total. The summed E-state index contributed by atoms with van der Waals surface area (Å²) in [6.07, 6.45) is 1.02. The highest BCUT2D eigenvalue weighted by atomic mass is 16.5. The van der Waals surface area contributed by atoms with Gasteiger partial charge in [-0.1, -0.05) is 54.6 Å². The number of ether oxygens (including phenoxy) is 3. The van der Waals surface area contributed by atoms with Crippen LogP contribution in [0, 0.1) is 5.92 Å². The molecule has 1 aliphatic rings. The number of hydrogen-bond acceptors (Lipinski definition) is 5. The number of urea groups is 1. The lowest BCUT2D eigenvalue weighted by molar-refractivity contribution is -0.148. The molecular formula is C28H28N2O5. The van der Waals surface area contributed by atoms with Crippen molar-refractivity contribution in [2.75, 3.05) is 14.2 Å². The van der Waals surface area contributed by atoms with Crippen molar-refractivity contribution in [2.45, 2.75) is 25.5 Å². The van der Waals surface area contributed by atoms with Crippen LogP contribution < -0.4 is 14.8 Å². The Balaban J connectivity index is 1.61. The minimum absolute atomic E-state index is 0.137. The molecule has 0 bridgehead atoms. The maximum atomic E-state index is 13.4. The zero-order chi connectivity index (χ0) is 24.6. The number of carbonyl (C=O) groups excluding carboxylic acids is 2. The summed E-state index contributed by atoms with van der Waals surface area (Å²) < 4.78 is 16.4. The van der Waals surface area contributed by atoms with Crippen LogP contribution in [0.25, 0.3) is 0 Å². The number of hydrogen-bond donors (Lipinski definition) is 1. The fourth-order valence-electron chi connectivity index (χ4n) is 4.15. The molecule has 35 heavy (non-hydrogen) atoms. The number of aliphatic imine (C=N–C) groups is 1. The monoisotopic (exact) mass is 472 g/mol. The first-order valence-electron chi connectivity index (χ1n) is 11.4. The Kier molecular flexibility index (Phi) is 7.77. The summed E-state index contributed by atoms with van der Waals surface area (Å²) in [4.78, 5) is 30.2. The zero-order valence-corrected chi connectivity index (χ0v) is 19.8. The molecule has 3 aromatic carbocycles. The number of carbonyl (C=O) groups is 2. The number of aryl methyl sites for hydroxylation is 1. The second-order valence-electron chi connectivity index (χ2n) is 8.23. The van der Waals surface area contributed by atoms with Gasteiger partial charge < -0.3 is 19.5 Å². The molecule has 2 unspecified atom stereocenters. The van der Waals surface area contributed by atoms with Gasteiger partial charge in [0.25, 0.3) is 0 Å². The van der Waals surface area contributed by atoms with Crippen LogP contribution in [-0.4, -0.2) is 31.9 Å². The third-order valence-corrected chi connectivity index (χ3v) is 5.95. The number of nitrogens with one attached hydrogen (secondary N) is 1. The third kappa shape index (κ3) is 6.06. The van der Waals surface area contributed by atoms with Crippen LogP contribution in [0.15, 0.2) is 83.9 Å². The van der Waals surface area contributed by atoms with E-state index in [-0.39, 0.29) is 6.61 Å². The van der Waals surface area contributed by atoms with Gasteiger partial charge in [0.1, 0.15) is 24.0 Å². The smallest absolute Gasteiger partial charge is 0.341 e. The Bertz CT molecular complexity index is 1210. The van der Waals surface area contributed by atoms with Crippen molar-refractivity contribution in [1.82, 2.24) is 5.32 Å². The van der Waals surface area contributed by atoms with Gasteiger partial charge in [-0.3, -0.25) is 4.79 Å². The number of rotatable bonds is 9. The molecule has 0 aliphatic carbocycles. The Morgan fingerprint density at radius 3 is 2.29 bits per heavy atom. The van der Waals surface area contributed by atoms with E-state index in [2.05, 4.69) is 10.3 Å². The highest BCUT2D eigenvalue weighted by Crippen LogP contribution is 2.32. The third-order valence-electron chi connectivity index (χ3n) is 5.95. The Hall–Kier alpha value is -4.13. The maximum absolute atomic E-state index is 13.4. The quantitative estimate of drug-likeness (QED) is 0.448. The molecule has 0 radical (unpaired) electrons. The van der Waals surface area contributed by atoms with Crippen LogP contribution >= 0.6 is 0 Å². The van der Waals surface area contributed by atoms with E-state index in [1.54, 1.807) is 14.2 Å². The molecule has 1 aliphatic heterocycles. The average Bonchev–Trinajstić information content (AvgIpc) is 2.91. The van der Waals surface area contributed by atoms with Crippen molar-refractivity contribution in [3.8, 4) is 11.5 Å². The van der Waals surface area contributed by atoms with Crippen LogP contribution in [0.3, 0.4) is 0 Å². The normalized spacial score (nSPS) is 17.2. The van der Waals surface area contributed by atoms with Gasteiger partial charge >= 0.3 is 12.0 Å². The molecule has 4 rings (SSSR count). The summed E-state index contributed by atoms with van der Waals surface area (Å²) >= 11 is 0. The molecule has 180 valence electrons. The predicted octanol–water partition coefficient (Wildman–Crippen LogP) is 4.90. The summed E-state index contributed by atoms with van der Waals surface area (Å²) in [6.45, 7) is 0.137. The van der Waals surface area contributed by atoms with Crippen LogP contribution in [-0.2, 0) is 22.6 Å². The molecule has 0 aromatic heterocycles. The summed E-state index contributed by atoms with van der Waals surface area (Å²) in [7, 11) is 3.19. The zero-order valence-electron chi connectivity index (χ0n) is 19.8. The predicted molar refractivity (Wildman–Crippen MR) is 133 cm³/mol. The van der Waals surface area contributed by atoms with E-state index in [1.807, 2.05) is 78.9 Å². The van der Waals surface area contributed by atoms with Crippen molar-refractivity contribution in [3.05, 3.63) is 95.6 Å². The van der Waals surface area contributed by atoms with Gasteiger partial charge in [0.05, 0.1) is 20.3 Å². The van der Waals surface area contributed by atoms with Crippen molar-refractivity contribution in [2.24, 2.45) is 10.9 Å². The largest absolute Gasteiger partial charge is 0.497 e. The minimum atomic E-state index is -0.769. The van der Waals surface area contributed by atoms with Gasteiger partial charge in [-0.25, -0.2) is 9.79 Å². The Morgan fingerprint density at radius 2 is 1.54 bits per heavy atom.